The second-order valence-corrected chi connectivity index (χ2v) is 6.15. The van der Waals surface area contributed by atoms with Gasteiger partial charge >= 0.3 is 6.09 Å². The third kappa shape index (κ3) is 2.31. The van der Waals surface area contributed by atoms with E-state index in [1.54, 1.807) is 4.90 Å². The predicted molar refractivity (Wildman–Crippen MR) is 63.7 cm³/mol. The SMILES string of the molecule is C[C@H]1C(=O)C[C@H]2CC[C@@H]1N2C(=O)OC(C)(C)C. The lowest BCUT2D eigenvalue weighted by Gasteiger charge is -2.38. The molecular formula is C13H21NO3. The molecule has 2 rings (SSSR count). The molecule has 0 saturated carbocycles. The van der Waals surface area contributed by atoms with Crippen molar-refractivity contribution in [2.45, 2.75) is 64.6 Å². The molecular weight excluding hydrogens is 218 g/mol. The first kappa shape index (κ1) is 12.4. The number of fused-ring (bicyclic) bond motifs is 2. The normalized spacial score (nSPS) is 32.8. The number of ether oxygens (including phenoxy) is 1. The predicted octanol–water partition coefficient (Wildman–Crippen LogP) is 2.36. The molecule has 4 nitrogen and oxygen atoms in total. The van der Waals surface area contributed by atoms with Crippen LogP contribution in [0, 0.1) is 5.92 Å². The molecule has 2 aliphatic rings. The maximum Gasteiger partial charge on any atom is 0.410 e. The van der Waals surface area contributed by atoms with Crippen molar-refractivity contribution in [3.05, 3.63) is 0 Å². The van der Waals surface area contributed by atoms with Gasteiger partial charge in [-0.05, 0) is 33.6 Å². The monoisotopic (exact) mass is 239 g/mol. The molecule has 2 heterocycles. The Kier molecular flexibility index (Phi) is 2.92. The molecule has 2 saturated heterocycles. The van der Waals surface area contributed by atoms with Gasteiger partial charge in [0.25, 0.3) is 0 Å². The van der Waals surface area contributed by atoms with Crippen LogP contribution in [0.15, 0.2) is 0 Å². The van der Waals surface area contributed by atoms with Crippen LogP contribution in [-0.2, 0) is 9.53 Å². The van der Waals surface area contributed by atoms with Crippen LogP contribution < -0.4 is 0 Å². The Morgan fingerprint density at radius 3 is 2.59 bits per heavy atom. The topological polar surface area (TPSA) is 46.6 Å². The van der Waals surface area contributed by atoms with Crippen LogP contribution in [0.3, 0.4) is 0 Å². The van der Waals surface area contributed by atoms with Crippen molar-refractivity contribution in [2.75, 3.05) is 0 Å². The zero-order chi connectivity index (χ0) is 12.8. The molecule has 1 amide bonds. The number of ketones is 1. The summed E-state index contributed by atoms with van der Waals surface area (Å²) < 4.78 is 5.42. The van der Waals surface area contributed by atoms with Gasteiger partial charge in [-0.2, -0.15) is 0 Å². The second kappa shape index (κ2) is 4.00. The molecule has 2 bridgehead atoms. The summed E-state index contributed by atoms with van der Waals surface area (Å²) in [7, 11) is 0. The standard InChI is InChI=1S/C13H21NO3/c1-8-10-6-5-9(7-11(8)15)14(10)12(16)17-13(2,3)4/h8-10H,5-7H2,1-4H3/t8-,9-,10+/m1/s1. The second-order valence-electron chi connectivity index (χ2n) is 6.15. The van der Waals surface area contributed by atoms with Crippen LogP contribution >= 0.6 is 0 Å². The molecule has 2 fully saturated rings. The number of rotatable bonds is 0. The smallest absolute Gasteiger partial charge is 0.410 e. The third-order valence-electron chi connectivity index (χ3n) is 3.67. The van der Waals surface area contributed by atoms with Crippen LogP contribution in [-0.4, -0.2) is 34.5 Å². The quantitative estimate of drug-likeness (QED) is 0.652. The summed E-state index contributed by atoms with van der Waals surface area (Å²) in [5.41, 5.74) is -0.471. The van der Waals surface area contributed by atoms with Gasteiger partial charge in [0, 0.05) is 24.4 Å². The van der Waals surface area contributed by atoms with E-state index in [9.17, 15) is 9.59 Å². The zero-order valence-electron chi connectivity index (χ0n) is 11.0. The molecule has 0 radical (unpaired) electrons. The van der Waals surface area contributed by atoms with Crippen molar-refractivity contribution in [1.82, 2.24) is 4.90 Å². The Bertz CT molecular complexity index is 345. The summed E-state index contributed by atoms with van der Waals surface area (Å²) in [4.78, 5) is 25.7. The van der Waals surface area contributed by atoms with Crippen molar-refractivity contribution < 1.29 is 14.3 Å². The average molecular weight is 239 g/mol. The Balaban J connectivity index is 2.12. The minimum absolute atomic E-state index is 0.0405. The van der Waals surface area contributed by atoms with Gasteiger partial charge in [-0.3, -0.25) is 4.79 Å². The first-order valence-electron chi connectivity index (χ1n) is 6.33. The molecule has 96 valence electrons. The molecule has 4 heteroatoms. The molecule has 0 N–H and O–H groups in total. The Morgan fingerprint density at radius 2 is 2.00 bits per heavy atom. The zero-order valence-corrected chi connectivity index (χ0v) is 11.0. The molecule has 3 atom stereocenters. The van der Waals surface area contributed by atoms with Crippen molar-refractivity contribution in [3.8, 4) is 0 Å². The fourth-order valence-electron chi connectivity index (χ4n) is 2.84. The highest BCUT2D eigenvalue weighted by molar-refractivity contribution is 5.85. The van der Waals surface area contributed by atoms with Crippen LogP contribution in [0.5, 0.6) is 0 Å². The van der Waals surface area contributed by atoms with Crippen molar-refractivity contribution in [2.24, 2.45) is 5.92 Å². The first-order chi connectivity index (χ1) is 7.79. The van der Waals surface area contributed by atoms with Crippen LogP contribution in [0.4, 0.5) is 4.79 Å². The van der Waals surface area contributed by atoms with Gasteiger partial charge in [-0.25, -0.2) is 4.79 Å². The Hall–Kier alpha value is -1.06. The number of hydrogen-bond acceptors (Lipinski definition) is 3. The highest BCUT2D eigenvalue weighted by Gasteiger charge is 2.48. The van der Waals surface area contributed by atoms with E-state index in [2.05, 4.69) is 0 Å². The fourth-order valence-corrected chi connectivity index (χ4v) is 2.84. The van der Waals surface area contributed by atoms with Gasteiger partial charge in [-0.15, -0.1) is 0 Å². The summed E-state index contributed by atoms with van der Waals surface area (Å²) in [6.07, 6.45) is 2.10. The van der Waals surface area contributed by atoms with Crippen molar-refractivity contribution >= 4 is 11.9 Å². The Labute approximate surface area is 102 Å². The summed E-state index contributed by atoms with van der Waals surface area (Å²) >= 11 is 0. The minimum atomic E-state index is -0.471. The number of hydrogen-bond donors (Lipinski definition) is 0. The average Bonchev–Trinajstić information content (AvgIpc) is 2.51. The highest BCUT2D eigenvalue weighted by Crippen LogP contribution is 2.38. The van der Waals surface area contributed by atoms with Gasteiger partial charge in [0.05, 0.1) is 0 Å². The molecule has 0 spiro atoms. The van der Waals surface area contributed by atoms with Gasteiger partial charge in [0.2, 0.25) is 0 Å². The van der Waals surface area contributed by atoms with Crippen molar-refractivity contribution in [1.29, 1.82) is 0 Å². The Morgan fingerprint density at radius 1 is 1.35 bits per heavy atom. The van der Waals surface area contributed by atoms with E-state index in [4.69, 9.17) is 4.74 Å². The molecule has 0 aromatic heterocycles. The fraction of sp³-hybridized carbons (Fsp3) is 0.846. The molecule has 2 aliphatic heterocycles. The lowest BCUT2D eigenvalue weighted by Crippen LogP contribution is -2.52. The largest absolute Gasteiger partial charge is 0.444 e. The number of Topliss-reactive ketones (excluding diaryl/α,β-unsaturated/α-hetero) is 1. The van der Waals surface area contributed by atoms with Gasteiger partial charge in [0.1, 0.15) is 11.4 Å². The summed E-state index contributed by atoms with van der Waals surface area (Å²) in [6, 6.07) is 0.120. The third-order valence-corrected chi connectivity index (χ3v) is 3.67. The maximum atomic E-state index is 12.1. The van der Waals surface area contributed by atoms with Crippen LogP contribution in [0.1, 0.15) is 47.0 Å². The number of nitrogens with zero attached hydrogens (tertiary/aromatic N) is 1. The van der Waals surface area contributed by atoms with Gasteiger partial charge in [0.15, 0.2) is 0 Å². The number of carbonyl (C=O) groups excluding carboxylic acids is 2. The maximum absolute atomic E-state index is 12.1. The minimum Gasteiger partial charge on any atom is -0.444 e. The summed E-state index contributed by atoms with van der Waals surface area (Å²) in [5.74, 6) is 0.249. The van der Waals surface area contributed by atoms with E-state index in [1.165, 1.54) is 0 Å². The molecule has 0 aromatic carbocycles. The first-order valence-corrected chi connectivity index (χ1v) is 6.33. The highest BCUT2D eigenvalue weighted by atomic mass is 16.6. The van der Waals surface area contributed by atoms with Gasteiger partial charge in [-0.1, -0.05) is 6.92 Å². The summed E-state index contributed by atoms with van der Waals surface area (Å²) in [5, 5.41) is 0. The lowest BCUT2D eigenvalue weighted by atomic mass is 9.91. The number of carbonyl (C=O) groups is 2. The van der Waals surface area contributed by atoms with E-state index in [-0.39, 0.29) is 29.9 Å². The molecule has 0 aromatic rings. The van der Waals surface area contributed by atoms with Gasteiger partial charge < -0.3 is 9.64 Å². The van der Waals surface area contributed by atoms with Crippen LogP contribution in [0.25, 0.3) is 0 Å². The van der Waals surface area contributed by atoms with E-state index in [0.717, 1.165) is 12.8 Å². The van der Waals surface area contributed by atoms with E-state index >= 15 is 0 Å². The lowest BCUT2D eigenvalue weighted by molar-refractivity contribution is -0.128. The van der Waals surface area contributed by atoms with Crippen molar-refractivity contribution in [3.63, 3.8) is 0 Å². The molecule has 0 unspecified atom stereocenters. The van der Waals surface area contributed by atoms with E-state index in [1.807, 2.05) is 27.7 Å². The molecule has 17 heavy (non-hydrogen) atoms. The van der Waals surface area contributed by atoms with Crippen LogP contribution in [0.2, 0.25) is 0 Å². The van der Waals surface area contributed by atoms with E-state index in [0.29, 0.717) is 6.42 Å². The number of piperidine rings is 1. The number of amides is 1. The van der Waals surface area contributed by atoms with E-state index < -0.39 is 5.60 Å². The summed E-state index contributed by atoms with van der Waals surface area (Å²) in [6.45, 7) is 7.52. The molecule has 0 aliphatic carbocycles.